The molecule has 6 heteroatoms. The number of carbonyl (C=O) groups is 2. The summed E-state index contributed by atoms with van der Waals surface area (Å²) in [6.07, 6.45) is 2.51. The molecule has 29 heavy (non-hydrogen) atoms. The van der Waals surface area contributed by atoms with E-state index in [-0.39, 0.29) is 18.4 Å². The molecule has 1 fully saturated rings. The van der Waals surface area contributed by atoms with E-state index < -0.39 is 0 Å². The van der Waals surface area contributed by atoms with Gasteiger partial charge in [-0.1, -0.05) is 24.3 Å². The Kier molecular flexibility index (Phi) is 7.64. The molecule has 154 valence electrons. The Balaban J connectivity index is 1.45. The van der Waals surface area contributed by atoms with Crippen LogP contribution < -0.4 is 15.4 Å². The number of carbonyl (C=O) groups excluding carboxylic acids is 2. The third-order valence-electron chi connectivity index (χ3n) is 5.02. The van der Waals surface area contributed by atoms with Gasteiger partial charge in [-0.25, -0.2) is 0 Å². The minimum Gasteiger partial charge on any atom is -0.494 e. The van der Waals surface area contributed by atoms with Crippen LogP contribution in [0.3, 0.4) is 0 Å². The summed E-state index contributed by atoms with van der Waals surface area (Å²) in [4.78, 5) is 26.8. The summed E-state index contributed by atoms with van der Waals surface area (Å²) in [5, 5.41) is 5.56. The highest BCUT2D eigenvalue weighted by Crippen LogP contribution is 2.16. The Morgan fingerprint density at radius 2 is 1.66 bits per heavy atom. The van der Waals surface area contributed by atoms with Gasteiger partial charge in [-0.05, 0) is 68.2 Å². The van der Waals surface area contributed by atoms with Crippen LogP contribution in [0.4, 0.5) is 0 Å². The Labute approximate surface area is 172 Å². The first kappa shape index (κ1) is 20.9. The Bertz CT molecular complexity index is 814. The summed E-state index contributed by atoms with van der Waals surface area (Å²) in [5.41, 5.74) is 2.86. The van der Waals surface area contributed by atoms with Crippen molar-refractivity contribution in [2.45, 2.75) is 32.9 Å². The minimum atomic E-state index is -0.280. The van der Waals surface area contributed by atoms with Crippen LogP contribution in [0.2, 0.25) is 0 Å². The lowest BCUT2D eigenvalue weighted by Gasteiger charge is -2.17. The van der Waals surface area contributed by atoms with Gasteiger partial charge in [0.1, 0.15) is 5.75 Å². The van der Waals surface area contributed by atoms with Crippen molar-refractivity contribution < 1.29 is 14.3 Å². The summed E-state index contributed by atoms with van der Waals surface area (Å²) in [6.45, 7) is 6.08. The van der Waals surface area contributed by atoms with Gasteiger partial charge in [-0.2, -0.15) is 0 Å². The van der Waals surface area contributed by atoms with Gasteiger partial charge in [0, 0.05) is 18.7 Å². The Morgan fingerprint density at radius 1 is 0.966 bits per heavy atom. The highest BCUT2D eigenvalue weighted by atomic mass is 16.5. The number of hydrogen-bond donors (Lipinski definition) is 2. The Morgan fingerprint density at radius 3 is 2.34 bits per heavy atom. The fourth-order valence-electron chi connectivity index (χ4n) is 3.45. The lowest BCUT2D eigenvalue weighted by atomic mass is 10.1. The molecular weight excluding hydrogens is 366 g/mol. The maximum Gasteiger partial charge on any atom is 0.251 e. The molecule has 6 nitrogen and oxygen atoms in total. The van der Waals surface area contributed by atoms with Gasteiger partial charge >= 0.3 is 0 Å². The highest BCUT2D eigenvalue weighted by molar-refractivity contribution is 5.96. The number of nitrogens with zero attached hydrogens (tertiary/aromatic N) is 1. The first-order valence-electron chi connectivity index (χ1n) is 10.2. The Hall–Kier alpha value is -2.86. The zero-order valence-electron chi connectivity index (χ0n) is 16.9. The van der Waals surface area contributed by atoms with E-state index in [1.807, 2.05) is 25.1 Å². The maximum absolute atomic E-state index is 12.2. The van der Waals surface area contributed by atoms with Gasteiger partial charge in [0.15, 0.2) is 0 Å². The zero-order valence-corrected chi connectivity index (χ0v) is 16.9. The molecule has 0 aliphatic carbocycles. The fourth-order valence-corrected chi connectivity index (χ4v) is 3.45. The van der Waals surface area contributed by atoms with E-state index in [1.165, 1.54) is 18.4 Å². The molecule has 0 radical (unpaired) electrons. The van der Waals surface area contributed by atoms with Gasteiger partial charge in [-0.15, -0.1) is 0 Å². The number of hydrogen-bond acceptors (Lipinski definition) is 4. The van der Waals surface area contributed by atoms with Gasteiger partial charge in [-0.3, -0.25) is 14.5 Å². The summed E-state index contributed by atoms with van der Waals surface area (Å²) >= 11 is 0. The van der Waals surface area contributed by atoms with Crippen LogP contribution in [0.25, 0.3) is 0 Å². The average molecular weight is 396 g/mol. The zero-order chi connectivity index (χ0) is 20.5. The number of likely N-dealkylation sites (tertiary alicyclic amines) is 1. The molecule has 0 bridgehead atoms. The molecule has 3 rings (SSSR count). The second-order valence-corrected chi connectivity index (χ2v) is 7.17. The molecule has 2 aromatic carbocycles. The van der Waals surface area contributed by atoms with Crippen LogP contribution >= 0.6 is 0 Å². The van der Waals surface area contributed by atoms with Gasteiger partial charge in [0.2, 0.25) is 5.91 Å². The number of benzene rings is 2. The smallest absolute Gasteiger partial charge is 0.251 e. The maximum atomic E-state index is 12.2. The van der Waals surface area contributed by atoms with E-state index in [1.54, 1.807) is 24.3 Å². The van der Waals surface area contributed by atoms with E-state index in [4.69, 9.17) is 4.74 Å². The van der Waals surface area contributed by atoms with Crippen molar-refractivity contribution >= 4 is 11.8 Å². The predicted octanol–water partition coefficient (Wildman–Crippen LogP) is 2.73. The van der Waals surface area contributed by atoms with E-state index in [9.17, 15) is 9.59 Å². The molecule has 0 saturated carbocycles. The van der Waals surface area contributed by atoms with Gasteiger partial charge < -0.3 is 15.4 Å². The molecule has 0 atom stereocenters. The van der Waals surface area contributed by atoms with Crippen LogP contribution in [0, 0.1) is 0 Å². The van der Waals surface area contributed by atoms with Crippen LogP contribution in [-0.4, -0.2) is 43.0 Å². The van der Waals surface area contributed by atoms with Crippen molar-refractivity contribution in [3.05, 3.63) is 65.2 Å². The number of amides is 2. The van der Waals surface area contributed by atoms with E-state index in [2.05, 4.69) is 21.6 Å². The molecule has 2 N–H and O–H groups in total. The first-order valence-corrected chi connectivity index (χ1v) is 10.2. The fraction of sp³-hybridized carbons (Fsp3) is 0.391. The SMILES string of the molecule is CCOc1ccc(C(=O)NCC(=O)NCc2ccccc2CN2CCCC2)cc1. The predicted molar refractivity (Wildman–Crippen MR) is 113 cm³/mol. The third-order valence-corrected chi connectivity index (χ3v) is 5.02. The quantitative estimate of drug-likeness (QED) is 0.685. The summed E-state index contributed by atoms with van der Waals surface area (Å²) in [6, 6.07) is 15.1. The third kappa shape index (κ3) is 6.32. The van der Waals surface area contributed by atoms with Gasteiger partial charge in [0.05, 0.1) is 13.2 Å². The standard InChI is InChI=1S/C23H29N3O3/c1-2-29-21-11-9-18(10-12-21)23(28)25-16-22(27)24-15-19-7-3-4-8-20(19)17-26-13-5-6-14-26/h3-4,7-12H,2,5-6,13-17H2,1H3,(H,24,27)(H,25,28). The van der Waals surface area contributed by atoms with Crippen molar-refractivity contribution in [3.8, 4) is 5.75 Å². The first-order chi connectivity index (χ1) is 14.2. The summed E-state index contributed by atoms with van der Waals surface area (Å²) < 4.78 is 5.37. The molecule has 0 aromatic heterocycles. The number of nitrogens with one attached hydrogen (secondary N) is 2. The second-order valence-electron chi connectivity index (χ2n) is 7.17. The minimum absolute atomic E-state index is 0.0552. The molecule has 1 aliphatic heterocycles. The molecule has 1 aliphatic rings. The second kappa shape index (κ2) is 10.6. The molecule has 2 amide bonds. The van der Waals surface area contributed by atoms with Crippen molar-refractivity contribution in [2.24, 2.45) is 0 Å². The summed E-state index contributed by atoms with van der Waals surface area (Å²) in [5.74, 6) is 0.229. The van der Waals surface area contributed by atoms with Crippen molar-refractivity contribution in [1.29, 1.82) is 0 Å². The van der Waals surface area contributed by atoms with E-state index in [0.29, 0.717) is 18.7 Å². The normalized spacial score (nSPS) is 13.8. The van der Waals surface area contributed by atoms with Crippen molar-refractivity contribution in [3.63, 3.8) is 0 Å². The summed E-state index contributed by atoms with van der Waals surface area (Å²) in [7, 11) is 0. The topological polar surface area (TPSA) is 70.7 Å². The monoisotopic (exact) mass is 395 g/mol. The molecule has 0 unspecified atom stereocenters. The molecule has 1 saturated heterocycles. The largest absolute Gasteiger partial charge is 0.494 e. The molecular formula is C23H29N3O3. The van der Waals surface area contributed by atoms with Crippen molar-refractivity contribution in [1.82, 2.24) is 15.5 Å². The van der Waals surface area contributed by atoms with Crippen molar-refractivity contribution in [2.75, 3.05) is 26.2 Å². The van der Waals surface area contributed by atoms with E-state index >= 15 is 0 Å². The van der Waals surface area contributed by atoms with Crippen LogP contribution in [0.5, 0.6) is 5.75 Å². The molecule has 2 aromatic rings. The number of ether oxygens (including phenoxy) is 1. The molecule has 1 heterocycles. The average Bonchev–Trinajstić information content (AvgIpc) is 3.25. The van der Waals surface area contributed by atoms with Crippen LogP contribution in [-0.2, 0) is 17.9 Å². The lowest BCUT2D eigenvalue weighted by molar-refractivity contribution is -0.120. The highest BCUT2D eigenvalue weighted by Gasteiger charge is 2.14. The number of rotatable bonds is 9. The van der Waals surface area contributed by atoms with Gasteiger partial charge in [0.25, 0.3) is 5.91 Å². The lowest BCUT2D eigenvalue weighted by Crippen LogP contribution is -2.36. The van der Waals surface area contributed by atoms with Crippen LogP contribution in [0.1, 0.15) is 41.3 Å². The molecule has 0 spiro atoms. The van der Waals surface area contributed by atoms with Crippen LogP contribution in [0.15, 0.2) is 48.5 Å². The van der Waals surface area contributed by atoms with E-state index in [0.717, 1.165) is 30.9 Å².